The molecule has 0 spiro atoms. The second kappa shape index (κ2) is 4.21. The number of thiophene rings is 1. The predicted octanol–water partition coefficient (Wildman–Crippen LogP) is 5.01. The molecule has 0 aliphatic carbocycles. The lowest BCUT2D eigenvalue weighted by Gasteiger charge is -1.98. The Morgan fingerprint density at radius 2 is 2.21 bits per heavy atom. The molecule has 3 heteroatoms. The van der Waals surface area contributed by atoms with Crippen LogP contribution >= 0.6 is 38.9 Å². The maximum Gasteiger partial charge on any atom is 0.0493 e. The Balaban J connectivity index is 2.74. The van der Waals surface area contributed by atoms with E-state index in [-0.39, 0.29) is 0 Å². The lowest BCUT2D eigenvalue weighted by atomic mass is 10.2. The number of halogens is 2. The molecule has 1 aromatic heterocycles. The molecule has 0 saturated carbocycles. The molecule has 0 aliphatic heterocycles. The van der Waals surface area contributed by atoms with Gasteiger partial charge in [0.15, 0.2) is 0 Å². The monoisotopic (exact) mass is 288 g/mol. The van der Waals surface area contributed by atoms with E-state index in [1.807, 2.05) is 17.4 Å². The molecule has 0 fully saturated rings. The van der Waals surface area contributed by atoms with Crippen LogP contribution in [-0.4, -0.2) is 0 Å². The molecule has 1 aromatic carbocycles. The molecule has 0 radical (unpaired) electrons. The van der Waals surface area contributed by atoms with E-state index in [0.717, 1.165) is 16.8 Å². The van der Waals surface area contributed by atoms with Gasteiger partial charge in [0, 0.05) is 25.3 Å². The summed E-state index contributed by atoms with van der Waals surface area (Å²) in [6.45, 7) is 2.17. The van der Waals surface area contributed by atoms with Crippen molar-refractivity contribution in [2.75, 3.05) is 0 Å². The molecule has 0 aliphatic rings. The minimum Gasteiger partial charge on any atom is -0.140 e. The minimum atomic E-state index is 0.862. The number of rotatable bonds is 2. The van der Waals surface area contributed by atoms with Gasteiger partial charge in [0.05, 0.1) is 0 Å². The molecular formula is C11H10BrClS. The first-order valence-corrected chi connectivity index (χ1v) is 6.83. The van der Waals surface area contributed by atoms with Gasteiger partial charge in [0.2, 0.25) is 0 Å². The summed E-state index contributed by atoms with van der Waals surface area (Å²) in [5, 5.41) is 2.95. The standard InChI is InChI=1S/C11H10BrClS/c1-2-8-5-9-10(13)4-3-7(6-12)11(9)14-8/h3-5H,2,6H2,1H3. The second-order valence-corrected chi connectivity index (χ2v) is 5.25. The fourth-order valence-corrected chi connectivity index (χ4v) is 3.53. The lowest BCUT2D eigenvalue weighted by Crippen LogP contribution is -1.76. The van der Waals surface area contributed by atoms with Gasteiger partial charge in [0.25, 0.3) is 0 Å². The van der Waals surface area contributed by atoms with Crippen molar-refractivity contribution in [2.45, 2.75) is 18.7 Å². The summed E-state index contributed by atoms with van der Waals surface area (Å²) in [6, 6.07) is 6.27. The van der Waals surface area contributed by atoms with Gasteiger partial charge in [0.1, 0.15) is 0 Å². The SMILES string of the molecule is CCc1cc2c(Cl)ccc(CBr)c2s1. The highest BCUT2D eigenvalue weighted by Gasteiger charge is 2.07. The van der Waals surface area contributed by atoms with Crippen molar-refractivity contribution in [3.8, 4) is 0 Å². The smallest absolute Gasteiger partial charge is 0.0493 e. The number of hydrogen-bond donors (Lipinski definition) is 0. The summed E-state index contributed by atoms with van der Waals surface area (Å²) >= 11 is 11.5. The van der Waals surface area contributed by atoms with Crippen molar-refractivity contribution in [1.82, 2.24) is 0 Å². The van der Waals surface area contributed by atoms with Gasteiger partial charge in [-0.15, -0.1) is 11.3 Å². The molecule has 2 rings (SSSR count). The number of aryl methyl sites for hydroxylation is 1. The second-order valence-electron chi connectivity index (χ2n) is 3.15. The highest BCUT2D eigenvalue weighted by molar-refractivity contribution is 9.08. The molecule has 0 nitrogen and oxygen atoms in total. The molecule has 74 valence electrons. The Morgan fingerprint density at radius 1 is 1.43 bits per heavy atom. The van der Waals surface area contributed by atoms with Crippen molar-refractivity contribution >= 4 is 49.0 Å². The summed E-state index contributed by atoms with van der Waals surface area (Å²) < 4.78 is 1.33. The van der Waals surface area contributed by atoms with Crippen LogP contribution < -0.4 is 0 Å². The van der Waals surface area contributed by atoms with Crippen LogP contribution in [0.2, 0.25) is 5.02 Å². The Kier molecular flexibility index (Phi) is 3.15. The third kappa shape index (κ3) is 1.71. The van der Waals surface area contributed by atoms with Crippen LogP contribution in [-0.2, 0) is 11.8 Å². The molecule has 14 heavy (non-hydrogen) atoms. The van der Waals surface area contributed by atoms with Gasteiger partial charge in [-0.3, -0.25) is 0 Å². The summed E-state index contributed by atoms with van der Waals surface area (Å²) in [6.07, 6.45) is 1.08. The van der Waals surface area contributed by atoms with E-state index < -0.39 is 0 Å². The van der Waals surface area contributed by atoms with Gasteiger partial charge in [-0.2, -0.15) is 0 Å². The largest absolute Gasteiger partial charge is 0.140 e. The van der Waals surface area contributed by atoms with Crippen LogP contribution in [0.3, 0.4) is 0 Å². The van der Waals surface area contributed by atoms with Crippen molar-refractivity contribution in [2.24, 2.45) is 0 Å². The highest BCUT2D eigenvalue weighted by atomic mass is 79.9. The zero-order valence-corrected chi connectivity index (χ0v) is 11.0. The van der Waals surface area contributed by atoms with E-state index in [4.69, 9.17) is 11.6 Å². The van der Waals surface area contributed by atoms with Gasteiger partial charge in [-0.25, -0.2) is 0 Å². The van der Waals surface area contributed by atoms with E-state index in [0.29, 0.717) is 0 Å². The number of benzene rings is 1. The summed E-state index contributed by atoms with van der Waals surface area (Å²) in [7, 11) is 0. The molecule has 0 atom stereocenters. The molecule has 0 bridgehead atoms. The van der Waals surface area contributed by atoms with Crippen LogP contribution in [0.15, 0.2) is 18.2 Å². The number of fused-ring (bicyclic) bond motifs is 1. The maximum absolute atomic E-state index is 6.15. The third-order valence-corrected chi connectivity index (χ3v) is 4.54. The quantitative estimate of drug-likeness (QED) is 0.682. The first-order valence-electron chi connectivity index (χ1n) is 4.52. The Morgan fingerprint density at radius 3 is 2.86 bits per heavy atom. The van der Waals surface area contributed by atoms with Crippen LogP contribution in [0.4, 0.5) is 0 Å². The summed E-state index contributed by atoms with van der Waals surface area (Å²) in [5.41, 5.74) is 1.33. The molecule has 0 amide bonds. The number of hydrogen-bond acceptors (Lipinski definition) is 1. The van der Waals surface area contributed by atoms with Crippen LogP contribution in [0.5, 0.6) is 0 Å². The zero-order chi connectivity index (χ0) is 10.1. The molecule has 0 saturated heterocycles. The van der Waals surface area contributed by atoms with Gasteiger partial charge >= 0.3 is 0 Å². The molecule has 0 N–H and O–H groups in total. The van der Waals surface area contributed by atoms with Gasteiger partial charge < -0.3 is 0 Å². The fraction of sp³-hybridized carbons (Fsp3) is 0.273. The van der Waals surface area contributed by atoms with E-state index in [2.05, 4.69) is 35.0 Å². The van der Waals surface area contributed by atoms with E-state index >= 15 is 0 Å². The summed E-state index contributed by atoms with van der Waals surface area (Å²) in [5.74, 6) is 0. The number of alkyl halides is 1. The highest BCUT2D eigenvalue weighted by Crippen LogP contribution is 2.34. The minimum absolute atomic E-state index is 0.862. The predicted molar refractivity (Wildman–Crippen MR) is 68.8 cm³/mol. The first kappa shape index (κ1) is 10.5. The van der Waals surface area contributed by atoms with E-state index in [1.54, 1.807) is 0 Å². The van der Waals surface area contributed by atoms with E-state index in [9.17, 15) is 0 Å². The molecule has 1 heterocycles. The Hall–Kier alpha value is -0.0500. The average molecular weight is 290 g/mol. The zero-order valence-electron chi connectivity index (χ0n) is 7.81. The fourth-order valence-electron chi connectivity index (χ4n) is 1.48. The summed E-state index contributed by atoms with van der Waals surface area (Å²) in [4.78, 5) is 1.40. The van der Waals surface area contributed by atoms with Crippen molar-refractivity contribution < 1.29 is 0 Å². The van der Waals surface area contributed by atoms with Crippen LogP contribution in [0.25, 0.3) is 10.1 Å². The van der Waals surface area contributed by atoms with Crippen LogP contribution in [0.1, 0.15) is 17.4 Å². The average Bonchev–Trinajstić information content (AvgIpc) is 2.63. The van der Waals surface area contributed by atoms with Gasteiger partial charge in [-0.1, -0.05) is 40.5 Å². The Labute approximate surface area is 101 Å². The lowest BCUT2D eigenvalue weighted by molar-refractivity contribution is 1.19. The first-order chi connectivity index (χ1) is 6.76. The Bertz CT molecular complexity index is 462. The normalized spacial score (nSPS) is 11.1. The molecular weight excluding hydrogens is 280 g/mol. The van der Waals surface area contributed by atoms with Crippen molar-refractivity contribution in [3.05, 3.63) is 33.7 Å². The van der Waals surface area contributed by atoms with Crippen molar-refractivity contribution in [3.63, 3.8) is 0 Å². The van der Waals surface area contributed by atoms with Gasteiger partial charge in [-0.05, 0) is 24.1 Å². The van der Waals surface area contributed by atoms with E-state index in [1.165, 1.54) is 20.5 Å². The molecule has 0 unspecified atom stereocenters. The third-order valence-electron chi connectivity index (χ3n) is 2.26. The van der Waals surface area contributed by atoms with Crippen LogP contribution in [0, 0.1) is 0 Å². The topological polar surface area (TPSA) is 0 Å². The molecule has 2 aromatic rings. The maximum atomic E-state index is 6.15. The van der Waals surface area contributed by atoms with Crippen molar-refractivity contribution in [1.29, 1.82) is 0 Å².